The number of anilines is 2. The van der Waals surface area contributed by atoms with E-state index in [2.05, 4.69) is 20.6 Å². The molecule has 2 aromatic heterocycles. The number of alkyl halides is 3. The number of amides is 2. The fourth-order valence-corrected chi connectivity index (χ4v) is 3.81. The molecule has 2 N–H and O–H groups in total. The van der Waals surface area contributed by atoms with Crippen molar-refractivity contribution in [1.29, 1.82) is 0 Å². The van der Waals surface area contributed by atoms with E-state index >= 15 is 0 Å². The molecule has 0 bridgehead atoms. The highest BCUT2D eigenvalue weighted by molar-refractivity contribution is 6.40. The van der Waals surface area contributed by atoms with E-state index in [1.165, 1.54) is 36.6 Å². The second kappa shape index (κ2) is 8.99. The summed E-state index contributed by atoms with van der Waals surface area (Å²) < 4.78 is 47.0. The van der Waals surface area contributed by atoms with Gasteiger partial charge in [0.25, 0.3) is 5.91 Å². The predicted octanol–water partition coefficient (Wildman–Crippen LogP) is 5.55. The molecule has 0 aliphatic heterocycles. The van der Waals surface area contributed by atoms with Gasteiger partial charge in [-0.05, 0) is 31.2 Å². The summed E-state index contributed by atoms with van der Waals surface area (Å²) in [6.45, 7) is 0.885. The minimum Gasteiger partial charge on any atom is -0.432 e. The molecule has 2 heterocycles. The van der Waals surface area contributed by atoms with Gasteiger partial charge in [0.05, 0.1) is 32.5 Å². The largest absolute Gasteiger partial charge is 0.449 e. The Kier molecular flexibility index (Phi) is 6.24. The first kappa shape index (κ1) is 23.6. The van der Waals surface area contributed by atoms with Gasteiger partial charge in [0.2, 0.25) is 11.7 Å². The van der Waals surface area contributed by atoms with Crippen molar-refractivity contribution in [3.8, 4) is 0 Å². The van der Waals surface area contributed by atoms with Gasteiger partial charge >= 0.3 is 12.2 Å². The Balaban J connectivity index is 1.71. The SMILES string of the molecule is Cc1coc(NC(=O)Cn2c(C(F)(F)F)nc3c(NC(=O)c4c(Cl)cccc4Cl)cccc32)n1. The maximum Gasteiger partial charge on any atom is 0.449 e. The van der Waals surface area contributed by atoms with Crippen molar-refractivity contribution < 1.29 is 27.2 Å². The molecule has 0 radical (unpaired) electrons. The lowest BCUT2D eigenvalue weighted by Gasteiger charge is -2.11. The maximum atomic E-state index is 13.8. The topological polar surface area (TPSA) is 102 Å². The number of rotatable bonds is 5. The number of nitrogens with zero attached hydrogens (tertiary/aromatic N) is 3. The average Bonchev–Trinajstić information content (AvgIpc) is 3.32. The first-order valence-corrected chi connectivity index (χ1v) is 10.3. The van der Waals surface area contributed by atoms with Crippen molar-refractivity contribution in [2.75, 3.05) is 10.6 Å². The molecule has 2 aromatic carbocycles. The summed E-state index contributed by atoms with van der Waals surface area (Å²) in [5.74, 6) is -2.87. The number of aromatic nitrogens is 3. The van der Waals surface area contributed by atoms with Crippen LogP contribution in [0, 0.1) is 6.92 Å². The number of hydrogen-bond donors (Lipinski definition) is 2. The summed E-state index contributed by atoms with van der Waals surface area (Å²) in [5, 5.41) is 4.92. The fourth-order valence-electron chi connectivity index (χ4n) is 3.24. The lowest BCUT2D eigenvalue weighted by atomic mass is 10.2. The van der Waals surface area contributed by atoms with Crippen LogP contribution >= 0.6 is 23.2 Å². The number of benzene rings is 2. The van der Waals surface area contributed by atoms with Crippen LogP contribution in [0.2, 0.25) is 10.0 Å². The first-order chi connectivity index (χ1) is 16.0. The second-order valence-corrected chi connectivity index (χ2v) is 7.90. The molecule has 34 heavy (non-hydrogen) atoms. The predicted molar refractivity (Wildman–Crippen MR) is 119 cm³/mol. The summed E-state index contributed by atoms with van der Waals surface area (Å²) in [6.07, 6.45) is -3.60. The van der Waals surface area contributed by atoms with Gasteiger partial charge in [-0.1, -0.05) is 35.3 Å². The third-order valence-electron chi connectivity index (χ3n) is 4.64. The van der Waals surface area contributed by atoms with Crippen molar-refractivity contribution >= 4 is 57.8 Å². The number of carbonyl (C=O) groups excluding carboxylic acids is 2. The van der Waals surface area contributed by atoms with Gasteiger partial charge < -0.3 is 14.3 Å². The molecule has 4 rings (SSSR count). The van der Waals surface area contributed by atoms with E-state index in [1.807, 2.05) is 0 Å². The Morgan fingerprint density at radius 3 is 2.35 bits per heavy atom. The zero-order chi connectivity index (χ0) is 24.6. The summed E-state index contributed by atoms with van der Waals surface area (Å²) in [7, 11) is 0. The van der Waals surface area contributed by atoms with E-state index in [0.717, 1.165) is 0 Å². The monoisotopic (exact) mass is 511 g/mol. The Hall–Kier alpha value is -3.57. The number of hydrogen-bond acceptors (Lipinski definition) is 5. The van der Waals surface area contributed by atoms with Gasteiger partial charge in [-0.2, -0.15) is 18.2 Å². The Bertz CT molecular complexity index is 1390. The summed E-state index contributed by atoms with van der Waals surface area (Å²) in [4.78, 5) is 32.7. The van der Waals surface area contributed by atoms with Crippen LogP contribution in [0.1, 0.15) is 21.9 Å². The van der Waals surface area contributed by atoms with E-state index in [-0.39, 0.29) is 38.3 Å². The molecule has 0 unspecified atom stereocenters. The molecule has 4 aromatic rings. The van der Waals surface area contributed by atoms with Crippen LogP contribution < -0.4 is 10.6 Å². The number of imidazole rings is 1. The molecule has 0 aliphatic carbocycles. The minimum absolute atomic E-state index is 0.0218. The molecule has 176 valence electrons. The van der Waals surface area contributed by atoms with Gasteiger partial charge in [-0.3, -0.25) is 14.9 Å². The molecule has 0 fully saturated rings. The molecule has 0 aliphatic rings. The van der Waals surface area contributed by atoms with E-state index < -0.39 is 30.4 Å². The van der Waals surface area contributed by atoms with Crippen LogP contribution in [-0.4, -0.2) is 26.3 Å². The molecule has 2 amide bonds. The van der Waals surface area contributed by atoms with Gasteiger partial charge in [0.15, 0.2) is 0 Å². The molecule has 8 nitrogen and oxygen atoms in total. The summed E-state index contributed by atoms with van der Waals surface area (Å²) >= 11 is 12.1. The number of oxazole rings is 1. The van der Waals surface area contributed by atoms with E-state index in [1.54, 1.807) is 13.0 Å². The van der Waals surface area contributed by atoms with Gasteiger partial charge in [0.1, 0.15) is 18.3 Å². The quantitative estimate of drug-likeness (QED) is 0.365. The number of carbonyl (C=O) groups is 2. The standard InChI is InChI=1S/C21H14Cl2F3N5O3/c1-10-9-34-20(27-10)29-15(32)8-31-14-7-3-6-13(17(14)30-19(31)21(24,25)26)28-18(33)16-11(22)4-2-5-12(16)23/h2-7,9H,8H2,1H3,(H,28,33)(H,27,29,32). The summed E-state index contributed by atoms with van der Waals surface area (Å²) in [5.41, 5.74) is 0.212. The lowest BCUT2D eigenvalue weighted by Crippen LogP contribution is -2.23. The van der Waals surface area contributed by atoms with Gasteiger partial charge in [-0.25, -0.2) is 4.98 Å². The third-order valence-corrected chi connectivity index (χ3v) is 5.27. The molecule has 0 saturated heterocycles. The number of fused-ring (bicyclic) bond motifs is 1. The van der Waals surface area contributed by atoms with Crippen molar-refractivity contribution in [2.45, 2.75) is 19.6 Å². The van der Waals surface area contributed by atoms with E-state index in [0.29, 0.717) is 10.3 Å². The summed E-state index contributed by atoms with van der Waals surface area (Å²) in [6, 6.07) is 8.44. The van der Waals surface area contributed by atoms with Crippen LogP contribution in [0.3, 0.4) is 0 Å². The van der Waals surface area contributed by atoms with Gasteiger partial charge in [-0.15, -0.1) is 0 Å². The van der Waals surface area contributed by atoms with Crippen LogP contribution in [-0.2, 0) is 17.5 Å². The molecule has 0 atom stereocenters. The van der Waals surface area contributed by atoms with Crippen LogP contribution in [0.5, 0.6) is 0 Å². The molecular formula is C21H14Cl2F3N5O3. The Morgan fingerprint density at radius 1 is 1.06 bits per heavy atom. The number of nitrogens with one attached hydrogen (secondary N) is 2. The second-order valence-electron chi connectivity index (χ2n) is 7.09. The van der Waals surface area contributed by atoms with Crippen molar-refractivity contribution in [3.63, 3.8) is 0 Å². The van der Waals surface area contributed by atoms with E-state index in [4.69, 9.17) is 27.6 Å². The van der Waals surface area contributed by atoms with Gasteiger partial charge in [0, 0.05) is 0 Å². The van der Waals surface area contributed by atoms with Crippen LogP contribution in [0.15, 0.2) is 47.1 Å². The lowest BCUT2D eigenvalue weighted by molar-refractivity contribution is -0.147. The first-order valence-electron chi connectivity index (χ1n) is 9.58. The number of halogens is 5. The number of aryl methyl sites for hydroxylation is 1. The van der Waals surface area contributed by atoms with E-state index in [9.17, 15) is 22.8 Å². The number of para-hydroxylation sites is 1. The zero-order valence-electron chi connectivity index (χ0n) is 17.2. The minimum atomic E-state index is -4.88. The third kappa shape index (κ3) is 4.70. The Morgan fingerprint density at radius 2 is 1.74 bits per heavy atom. The smallest absolute Gasteiger partial charge is 0.432 e. The molecule has 0 saturated carbocycles. The highest BCUT2D eigenvalue weighted by atomic mass is 35.5. The molecular weight excluding hydrogens is 498 g/mol. The van der Waals surface area contributed by atoms with Crippen molar-refractivity contribution in [2.24, 2.45) is 0 Å². The maximum absolute atomic E-state index is 13.8. The van der Waals surface area contributed by atoms with Crippen molar-refractivity contribution in [3.05, 3.63) is 69.8 Å². The average molecular weight is 512 g/mol. The highest BCUT2D eigenvalue weighted by Crippen LogP contribution is 2.34. The van der Waals surface area contributed by atoms with Crippen molar-refractivity contribution in [1.82, 2.24) is 14.5 Å². The van der Waals surface area contributed by atoms with Crippen LogP contribution in [0.25, 0.3) is 11.0 Å². The fraction of sp³-hybridized carbons (Fsp3) is 0.143. The molecule has 13 heteroatoms. The Labute approximate surface area is 199 Å². The molecule has 0 spiro atoms. The normalized spacial score (nSPS) is 11.6. The van der Waals surface area contributed by atoms with Crippen LogP contribution in [0.4, 0.5) is 24.9 Å². The zero-order valence-corrected chi connectivity index (χ0v) is 18.7. The highest BCUT2D eigenvalue weighted by Gasteiger charge is 2.38.